The van der Waals surface area contributed by atoms with Gasteiger partial charge in [-0.25, -0.2) is 4.79 Å². The van der Waals surface area contributed by atoms with Crippen LogP contribution in [-0.4, -0.2) is 50.8 Å². The molecule has 0 spiro atoms. The molecule has 0 aromatic heterocycles. The first-order chi connectivity index (χ1) is 8.19. The predicted molar refractivity (Wildman–Crippen MR) is 66.9 cm³/mol. The van der Waals surface area contributed by atoms with Gasteiger partial charge >= 0.3 is 5.97 Å². The quantitative estimate of drug-likeness (QED) is 0.541. The van der Waals surface area contributed by atoms with Gasteiger partial charge in [0.05, 0.1) is 7.11 Å². The van der Waals surface area contributed by atoms with E-state index in [1.54, 1.807) is 0 Å². The largest absolute Gasteiger partial charge is 0.466 e. The molecule has 98 valence electrons. The van der Waals surface area contributed by atoms with Gasteiger partial charge in [-0.15, -0.1) is 0 Å². The summed E-state index contributed by atoms with van der Waals surface area (Å²) in [5.41, 5.74) is 0.756. The Morgan fingerprint density at radius 1 is 1.47 bits per heavy atom. The zero-order chi connectivity index (χ0) is 12.7. The van der Waals surface area contributed by atoms with Gasteiger partial charge in [-0.1, -0.05) is 13.0 Å². The number of esters is 1. The van der Waals surface area contributed by atoms with Crippen LogP contribution in [0.15, 0.2) is 11.6 Å². The van der Waals surface area contributed by atoms with E-state index in [1.807, 2.05) is 13.0 Å². The number of nitrogens with zero attached hydrogens (tertiary/aromatic N) is 1. The lowest BCUT2D eigenvalue weighted by molar-refractivity contribution is -0.136. The molecule has 0 aromatic rings. The summed E-state index contributed by atoms with van der Waals surface area (Å²) in [7, 11) is 3.52. The molecule has 0 radical (unpaired) electrons. The predicted octanol–water partition coefficient (Wildman–Crippen LogP) is 1.61. The maximum atomic E-state index is 11.4. The lowest BCUT2D eigenvalue weighted by Gasteiger charge is -2.30. The SMILES string of the molecule is CCC(=CCN(C)C1CCOCC1)C(=O)OC. The van der Waals surface area contributed by atoms with Crippen molar-refractivity contribution in [1.82, 2.24) is 4.90 Å². The topological polar surface area (TPSA) is 38.8 Å². The second kappa shape index (κ2) is 7.45. The van der Waals surface area contributed by atoms with Gasteiger partial charge in [0.25, 0.3) is 0 Å². The minimum Gasteiger partial charge on any atom is -0.466 e. The molecule has 0 amide bonds. The fourth-order valence-corrected chi connectivity index (χ4v) is 2.03. The molecule has 0 unspecified atom stereocenters. The Morgan fingerprint density at radius 3 is 2.65 bits per heavy atom. The fourth-order valence-electron chi connectivity index (χ4n) is 2.03. The number of methoxy groups -OCH3 is 1. The van der Waals surface area contributed by atoms with E-state index < -0.39 is 0 Å². The smallest absolute Gasteiger partial charge is 0.333 e. The van der Waals surface area contributed by atoms with E-state index in [0.29, 0.717) is 12.5 Å². The van der Waals surface area contributed by atoms with Gasteiger partial charge in [-0.05, 0) is 26.3 Å². The van der Waals surface area contributed by atoms with E-state index in [2.05, 4.69) is 11.9 Å². The Kier molecular flexibility index (Phi) is 6.22. The van der Waals surface area contributed by atoms with Crippen LogP contribution in [0.2, 0.25) is 0 Å². The number of carbonyl (C=O) groups is 1. The van der Waals surface area contributed by atoms with Crippen molar-refractivity contribution >= 4 is 5.97 Å². The third kappa shape index (κ3) is 4.48. The zero-order valence-corrected chi connectivity index (χ0v) is 11.1. The number of hydrogen-bond donors (Lipinski definition) is 0. The highest BCUT2D eigenvalue weighted by atomic mass is 16.5. The Morgan fingerprint density at radius 2 is 2.12 bits per heavy atom. The summed E-state index contributed by atoms with van der Waals surface area (Å²) >= 11 is 0. The van der Waals surface area contributed by atoms with Crippen molar-refractivity contribution in [2.45, 2.75) is 32.2 Å². The molecule has 0 N–H and O–H groups in total. The minimum atomic E-state index is -0.215. The van der Waals surface area contributed by atoms with Crippen molar-refractivity contribution in [2.75, 3.05) is 33.9 Å². The molecule has 17 heavy (non-hydrogen) atoms. The average molecular weight is 241 g/mol. The maximum Gasteiger partial charge on any atom is 0.333 e. The van der Waals surface area contributed by atoms with Crippen molar-refractivity contribution in [3.63, 3.8) is 0 Å². The number of carbonyl (C=O) groups excluding carboxylic acids is 1. The molecule has 0 saturated carbocycles. The number of likely N-dealkylation sites (N-methyl/N-ethyl adjacent to an activating group) is 1. The summed E-state index contributed by atoms with van der Waals surface area (Å²) in [5, 5.41) is 0. The molecule has 1 fully saturated rings. The van der Waals surface area contributed by atoms with Gasteiger partial charge in [0.15, 0.2) is 0 Å². The second-order valence-corrected chi connectivity index (χ2v) is 4.36. The first kappa shape index (κ1) is 14.2. The third-order valence-electron chi connectivity index (χ3n) is 3.27. The van der Waals surface area contributed by atoms with E-state index in [9.17, 15) is 4.79 Å². The lowest BCUT2D eigenvalue weighted by Crippen LogP contribution is -2.36. The molecule has 1 aliphatic rings. The van der Waals surface area contributed by atoms with E-state index in [-0.39, 0.29) is 5.97 Å². The van der Waals surface area contributed by atoms with Gasteiger partial charge < -0.3 is 9.47 Å². The summed E-state index contributed by atoms with van der Waals surface area (Å²) in [5.74, 6) is -0.215. The number of rotatable bonds is 5. The summed E-state index contributed by atoms with van der Waals surface area (Å²) in [6, 6.07) is 0.566. The third-order valence-corrected chi connectivity index (χ3v) is 3.27. The van der Waals surface area contributed by atoms with Crippen molar-refractivity contribution in [3.8, 4) is 0 Å². The minimum absolute atomic E-state index is 0.215. The van der Waals surface area contributed by atoms with Crippen LogP contribution in [-0.2, 0) is 14.3 Å². The van der Waals surface area contributed by atoms with Crippen LogP contribution in [0.3, 0.4) is 0 Å². The van der Waals surface area contributed by atoms with Crippen molar-refractivity contribution < 1.29 is 14.3 Å². The van der Waals surface area contributed by atoms with E-state index in [0.717, 1.165) is 38.2 Å². The Hall–Kier alpha value is -0.870. The molecule has 4 nitrogen and oxygen atoms in total. The van der Waals surface area contributed by atoms with E-state index >= 15 is 0 Å². The van der Waals surface area contributed by atoms with Crippen LogP contribution >= 0.6 is 0 Å². The van der Waals surface area contributed by atoms with Crippen molar-refractivity contribution in [3.05, 3.63) is 11.6 Å². The summed E-state index contributed by atoms with van der Waals surface area (Å²) < 4.78 is 10.1. The number of hydrogen-bond acceptors (Lipinski definition) is 4. The molecule has 1 rings (SSSR count). The molecular formula is C13H23NO3. The summed E-state index contributed by atoms with van der Waals surface area (Å²) in [4.78, 5) is 13.7. The van der Waals surface area contributed by atoms with Crippen LogP contribution in [0.4, 0.5) is 0 Å². The van der Waals surface area contributed by atoms with Gasteiger partial charge in [-0.3, -0.25) is 4.90 Å². The molecule has 0 aromatic carbocycles. The first-order valence-electron chi connectivity index (χ1n) is 6.24. The van der Waals surface area contributed by atoms with Gasteiger partial charge in [0, 0.05) is 31.4 Å². The number of ether oxygens (including phenoxy) is 2. The standard InChI is InChI=1S/C13H23NO3/c1-4-11(13(15)16-3)5-8-14(2)12-6-9-17-10-7-12/h5,12H,4,6-10H2,1-3H3. The Labute approximate surface area is 104 Å². The summed E-state index contributed by atoms with van der Waals surface area (Å²) in [6.07, 6.45) is 4.84. The Bertz CT molecular complexity index is 270. The molecule has 4 heteroatoms. The molecule has 1 saturated heterocycles. The van der Waals surface area contributed by atoms with E-state index in [1.165, 1.54) is 7.11 Å². The van der Waals surface area contributed by atoms with E-state index in [4.69, 9.17) is 9.47 Å². The van der Waals surface area contributed by atoms with Crippen LogP contribution in [0.1, 0.15) is 26.2 Å². The highest BCUT2D eigenvalue weighted by molar-refractivity contribution is 5.88. The van der Waals surface area contributed by atoms with Crippen molar-refractivity contribution in [1.29, 1.82) is 0 Å². The maximum absolute atomic E-state index is 11.4. The molecule has 1 heterocycles. The van der Waals surface area contributed by atoms with Crippen LogP contribution < -0.4 is 0 Å². The summed E-state index contributed by atoms with van der Waals surface area (Å²) in [6.45, 7) is 4.45. The highest BCUT2D eigenvalue weighted by Crippen LogP contribution is 2.13. The lowest BCUT2D eigenvalue weighted by atomic mass is 10.1. The fraction of sp³-hybridized carbons (Fsp3) is 0.769. The Balaban J connectivity index is 2.46. The normalized spacial score (nSPS) is 18.5. The van der Waals surface area contributed by atoms with Crippen LogP contribution in [0, 0.1) is 0 Å². The van der Waals surface area contributed by atoms with Gasteiger partial charge in [0.1, 0.15) is 0 Å². The first-order valence-corrected chi connectivity index (χ1v) is 6.24. The molecule has 0 aliphatic carbocycles. The molecule has 0 atom stereocenters. The highest BCUT2D eigenvalue weighted by Gasteiger charge is 2.17. The zero-order valence-electron chi connectivity index (χ0n) is 11.1. The van der Waals surface area contributed by atoms with Gasteiger partial charge in [-0.2, -0.15) is 0 Å². The second-order valence-electron chi connectivity index (χ2n) is 4.36. The van der Waals surface area contributed by atoms with Crippen molar-refractivity contribution in [2.24, 2.45) is 0 Å². The molecule has 1 aliphatic heterocycles. The monoisotopic (exact) mass is 241 g/mol. The molecule has 0 bridgehead atoms. The average Bonchev–Trinajstić information content (AvgIpc) is 2.39. The van der Waals surface area contributed by atoms with Crippen LogP contribution in [0.25, 0.3) is 0 Å². The van der Waals surface area contributed by atoms with Gasteiger partial charge in [0.2, 0.25) is 0 Å². The molecular weight excluding hydrogens is 218 g/mol. The van der Waals surface area contributed by atoms with Crippen LogP contribution in [0.5, 0.6) is 0 Å².